The first-order chi connectivity index (χ1) is 11.5. The summed E-state index contributed by atoms with van der Waals surface area (Å²) in [5, 5.41) is 0. The van der Waals surface area contributed by atoms with Crippen LogP contribution in [0.2, 0.25) is 0 Å². The molecule has 0 radical (unpaired) electrons. The molecule has 0 aliphatic carbocycles. The molecule has 0 fully saturated rings. The summed E-state index contributed by atoms with van der Waals surface area (Å²) in [4.78, 5) is 11.6. The number of hydrogen-bond acceptors (Lipinski definition) is 3. The van der Waals surface area contributed by atoms with Gasteiger partial charge in [0.15, 0.2) is 5.82 Å². The summed E-state index contributed by atoms with van der Waals surface area (Å²) in [6.07, 6.45) is 1.33. The Morgan fingerprint density at radius 1 is 1.04 bits per heavy atom. The van der Waals surface area contributed by atoms with Crippen molar-refractivity contribution in [2.75, 3.05) is 0 Å². The molecule has 2 aromatic heterocycles. The summed E-state index contributed by atoms with van der Waals surface area (Å²) < 4.78 is 14.3. The molecule has 0 unspecified atom stereocenters. The smallest absolute Gasteiger partial charge is 0.169 e. The maximum atomic E-state index is 14.3. The molecule has 3 rings (SSSR count). The molecule has 4 heteroatoms. The normalized spacial score (nSPS) is 11.0. The third-order valence-electron chi connectivity index (χ3n) is 4.33. The molecular formula is C20H21FN2S. The van der Waals surface area contributed by atoms with E-state index in [1.54, 1.807) is 17.4 Å². The number of hydrogen-bond donors (Lipinski definition) is 0. The number of aryl methyl sites for hydroxylation is 3. The SMILES string of the molecule is CCc1ccc(Cc2nc(-c3ccc(C)s3)nc(C)c2C)c(F)c1. The van der Waals surface area contributed by atoms with Crippen LogP contribution < -0.4 is 0 Å². The lowest BCUT2D eigenvalue weighted by Crippen LogP contribution is -2.04. The largest absolute Gasteiger partial charge is 0.232 e. The van der Waals surface area contributed by atoms with Gasteiger partial charge in [-0.25, -0.2) is 14.4 Å². The number of thiophene rings is 1. The Kier molecular flexibility index (Phi) is 4.76. The zero-order chi connectivity index (χ0) is 17.3. The summed E-state index contributed by atoms with van der Waals surface area (Å²) in [6.45, 7) is 8.09. The fourth-order valence-corrected chi connectivity index (χ4v) is 3.46. The number of nitrogens with zero attached hydrogens (tertiary/aromatic N) is 2. The predicted molar refractivity (Wildman–Crippen MR) is 98.1 cm³/mol. The molecule has 3 aromatic rings. The third-order valence-corrected chi connectivity index (χ3v) is 5.33. The van der Waals surface area contributed by atoms with Crippen molar-refractivity contribution >= 4 is 11.3 Å². The van der Waals surface area contributed by atoms with Crippen LogP contribution in [-0.4, -0.2) is 9.97 Å². The summed E-state index contributed by atoms with van der Waals surface area (Å²) in [6, 6.07) is 9.61. The number of halogens is 1. The third kappa shape index (κ3) is 3.39. The standard InChI is InChI=1S/C20H21FN2S/c1-5-15-7-8-16(17(21)10-15)11-18-13(3)14(4)22-20(23-18)19-9-6-12(2)24-19/h6-10H,5,11H2,1-4H3. The van der Waals surface area contributed by atoms with Crippen molar-refractivity contribution in [1.29, 1.82) is 0 Å². The van der Waals surface area contributed by atoms with E-state index < -0.39 is 0 Å². The van der Waals surface area contributed by atoms with Crippen LogP contribution in [0, 0.1) is 26.6 Å². The molecule has 2 nitrogen and oxygen atoms in total. The van der Waals surface area contributed by atoms with Crippen molar-refractivity contribution in [1.82, 2.24) is 9.97 Å². The Balaban J connectivity index is 2.00. The zero-order valence-corrected chi connectivity index (χ0v) is 15.3. The van der Waals surface area contributed by atoms with E-state index >= 15 is 0 Å². The van der Waals surface area contributed by atoms with E-state index in [0.717, 1.165) is 39.6 Å². The van der Waals surface area contributed by atoms with E-state index in [0.29, 0.717) is 12.0 Å². The molecule has 2 heterocycles. The van der Waals surface area contributed by atoms with Crippen LogP contribution in [0.1, 0.15) is 39.9 Å². The minimum absolute atomic E-state index is 0.154. The molecule has 0 saturated heterocycles. The molecule has 24 heavy (non-hydrogen) atoms. The van der Waals surface area contributed by atoms with Gasteiger partial charge in [0.25, 0.3) is 0 Å². The maximum Gasteiger partial charge on any atom is 0.169 e. The fraction of sp³-hybridized carbons (Fsp3) is 0.300. The highest BCUT2D eigenvalue weighted by Gasteiger charge is 2.13. The molecule has 0 atom stereocenters. The quantitative estimate of drug-likeness (QED) is 0.633. The van der Waals surface area contributed by atoms with Crippen LogP contribution in [0.15, 0.2) is 30.3 Å². The Hall–Kier alpha value is -2.07. The molecule has 124 valence electrons. The highest BCUT2D eigenvalue weighted by Crippen LogP contribution is 2.27. The second-order valence-corrected chi connectivity index (χ2v) is 7.36. The molecule has 0 aliphatic heterocycles. The van der Waals surface area contributed by atoms with Crippen molar-refractivity contribution in [2.24, 2.45) is 0 Å². The lowest BCUT2D eigenvalue weighted by Gasteiger charge is -2.11. The molecule has 0 bridgehead atoms. The minimum atomic E-state index is -0.154. The van der Waals surface area contributed by atoms with Crippen LogP contribution in [0.5, 0.6) is 0 Å². The summed E-state index contributed by atoms with van der Waals surface area (Å²) in [5.74, 6) is 0.579. The van der Waals surface area contributed by atoms with Gasteiger partial charge in [-0.05, 0) is 62.1 Å². The monoisotopic (exact) mass is 340 g/mol. The summed E-state index contributed by atoms with van der Waals surface area (Å²) >= 11 is 1.68. The first kappa shape index (κ1) is 16.8. The van der Waals surface area contributed by atoms with Crippen molar-refractivity contribution < 1.29 is 4.39 Å². The Morgan fingerprint density at radius 3 is 2.46 bits per heavy atom. The van der Waals surface area contributed by atoms with Crippen LogP contribution >= 0.6 is 11.3 Å². The van der Waals surface area contributed by atoms with E-state index in [-0.39, 0.29) is 5.82 Å². The molecule has 0 spiro atoms. The number of aromatic nitrogens is 2. The topological polar surface area (TPSA) is 25.8 Å². The molecule has 0 amide bonds. The van der Waals surface area contributed by atoms with E-state index in [2.05, 4.69) is 18.0 Å². The van der Waals surface area contributed by atoms with Crippen molar-refractivity contribution in [3.8, 4) is 10.7 Å². The highest BCUT2D eigenvalue weighted by atomic mass is 32.1. The molecule has 0 saturated carbocycles. The Bertz CT molecular complexity index is 883. The summed E-state index contributed by atoms with van der Waals surface area (Å²) in [7, 11) is 0. The lowest BCUT2D eigenvalue weighted by molar-refractivity contribution is 0.610. The second-order valence-electron chi connectivity index (χ2n) is 6.07. The number of rotatable bonds is 4. The Morgan fingerprint density at radius 2 is 1.83 bits per heavy atom. The average Bonchev–Trinajstić information content (AvgIpc) is 2.99. The van der Waals surface area contributed by atoms with Gasteiger partial charge in [-0.1, -0.05) is 19.1 Å². The van der Waals surface area contributed by atoms with Gasteiger partial charge in [-0.2, -0.15) is 0 Å². The van der Waals surface area contributed by atoms with Gasteiger partial charge in [0.05, 0.1) is 10.6 Å². The predicted octanol–water partition coefficient (Wildman–Crippen LogP) is 5.42. The first-order valence-electron chi connectivity index (χ1n) is 8.16. The maximum absolute atomic E-state index is 14.3. The first-order valence-corrected chi connectivity index (χ1v) is 8.97. The van der Waals surface area contributed by atoms with Crippen LogP contribution in [0.3, 0.4) is 0 Å². The molecule has 1 aromatic carbocycles. The number of benzene rings is 1. The second kappa shape index (κ2) is 6.81. The van der Waals surface area contributed by atoms with Gasteiger partial charge in [0, 0.05) is 17.0 Å². The molecular weight excluding hydrogens is 319 g/mol. The molecule has 0 aliphatic rings. The Labute approximate surface area is 146 Å². The van der Waals surface area contributed by atoms with Crippen molar-refractivity contribution in [2.45, 2.75) is 40.5 Å². The molecule has 0 N–H and O–H groups in total. The van der Waals surface area contributed by atoms with E-state index in [4.69, 9.17) is 4.98 Å². The van der Waals surface area contributed by atoms with Crippen molar-refractivity contribution in [3.05, 3.63) is 69.1 Å². The van der Waals surface area contributed by atoms with Crippen LogP contribution in [0.4, 0.5) is 4.39 Å². The average molecular weight is 340 g/mol. The van der Waals surface area contributed by atoms with Gasteiger partial charge >= 0.3 is 0 Å². The van der Waals surface area contributed by atoms with E-state index in [1.165, 1.54) is 4.88 Å². The van der Waals surface area contributed by atoms with E-state index in [1.807, 2.05) is 39.0 Å². The summed E-state index contributed by atoms with van der Waals surface area (Å²) in [5.41, 5.74) is 4.58. The van der Waals surface area contributed by atoms with Crippen LogP contribution in [-0.2, 0) is 12.8 Å². The lowest BCUT2D eigenvalue weighted by atomic mass is 10.0. The van der Waals surface area contributed by atoms with Gasteiger partial charge in [0.2, 0.25) is 0 Å². The highest BCUT2D eigenvalue weighted by molar-refractivity contribution is 7.15. The van der Waals surface area contributed by atoms with Gasteiger partial charge in [-0.3, -0.25) is 0 Å². The fourth-order valence-electron chi connectivity index (χ4n) is 2.66. The van der Waals surface area contributed by atoms with Crippen LogP contribution in [0.25, 0.3) is 10.7 Å². The van der Waals surface area contributed by atoms with Gasteiger partial charge in [0.1, 0.15) is 5.82 Å². The van der Waals surface area contributed by atoms with E-state index in [9.17, 15) is 4.39 Å². The minimum Gasteiger partial charge on any atom is -0.232 e. The zero-order valence-electron chi connectivity index (χ0n) is 14.5. The van der Waals surface area contributed by atoms with Gasteiger partial charge in [-0.15, -0.1) is 11.3 Å². The van der Waals surface area contributed by atoms with Crippen molar-refractivity contribution in [3.63, 3.8) is 0 Å². The van der Waals surface area contributed by atoms with Gasteiger partial charge < -0.3 is 0 Å².